The van der Waals surface area contributed by atoms with E-state index in [-0.39, 0.29) is 23.6 Å². The number of likely N-dealkylation sites (tertiary alicyclic amines) is 1. The normalized spacial score (nSPS) is 16.8. The summed E-state index contributed by atoms with van der Waals surface area (Å²) in [6, 6.07) is 11.2. The number of hydrogen-bond acceptors (Lipinski definition) is 4. The summed E-state index contributed by atoms with van der Waals surface area (Å²) in [5, 5.41) is 10.9. The number of amides is 2. The molecule has 28 heavy (non-hydrogen) atoms. The molecule has 1 fully saturated rings. The largest absolute Gasteiger partial charge is 0.420 e. The van der Waals surface area contributed by atoms with E-state index in [1.165, 1.54) is 36.4 Å². The minimum atomic E-state index is -0.357. The van der Waals surface area contributed by atoms with Crippen LogP contribution in [0.2, 0.25) is 0 Å². The average Bonchev–Trinajstić information content (AvgIpc) is 3.21. The molecule has 0 spiro atoms. The van der Waals surface area contributed by atoms with E-state index < -0.39 is 0 Å². The fourth-order valence-electron chi connectivity index (χ4n) is 3.21. The number of carbonyl (C=O) groups excluding carboxylic acids is 1. The Morgan fingerprint density at radius 2 is 1.71 bits per heavy atom. The smallest absolute Gasteiger partial charge is 0.321 e. The summed E-state index contributed by atoms with van der Waals surface area (Å²) < 4.78 is 31.8. The molecule has 1 N–H and O–H groups in total. The molecule has 2 amide bonds. The molecular weight excluding hydrogens is 366 g/mol. The Hall–Kier alpha value is -3.29. The van der Waals surface area contributed by atoms with Gasteiger partial charge in [-0.1, -0.05) is 0 Å². The van der Waals surface area contributed by atoms with Gasteiger partial charge in [-0.25, -0.2) is 13.6 Å². The Morgan fingerprint density at radius 3 is 2.43 bits per heavy atom. The van der Waals surface area contributed by atoms with E-state index in [1.54, 1.807) is 17.0 Å². The van der Waals surface area contributed by atoms with E-state index >= 15 is 0 Å². The second kappa shape index (κ2) is 7.75. The predicted octanol–water partition coefficient (Wildman–Crippen LogP) is 4.43. The lowest BCUT2D eigenvalue weighted by molar-refractivity contribution is 0.187. The lowest BCUT2D eigenvalue weighted by atomic mass is 9.98. The van der Waals surface area contributed by atoms with Crippen LogP contribution in [0.15, 0.2) is 52.9 Å². The van der Waals surface area contributed by atoms with Crippen LogP contribution in [0.25, 0.3) is 11.5 Å². The number of aromatic nitrogens is 2. The van der Waals surface area contributed by atoms with Crippen molar-refractivity contribution in [3.63, 3.8) is 0 Å². The zero-order valence-corrected chi connectivity index (χ0v) is 14.9. The Kier molecular flexibility index (Phi) is 5.01. The van der Waals surface area contributed by atoms with Gasteiger partial charge < -0.3 is 14.6 Å². The van der Waals surface area contributed by atoms with E-state index in [9.17, 15) is 13.6 Å². The number of urea groups is 1. The maximum atomic E-state index is 13.1. The summed E-state index contributed by atoms with van der Waals surface area (Å²) in [6.45, 7) is 1.06. The van der Waals surface area contributed by atoms with Crippen LogP contribution < -0.4 is 5.32 Å². The van der Waals surface area contributed by atoms with Gasteiger partial charge in [0.15, 0.2) is 0 Å². The molecule has 0 saturated carbocycles. The number of rotatable bonds is 3. The molecule has 0 aliphatic carbocycles. The van der Waals surface area contributed by atoms with E-state index in [4.69, 9.17) is 4.42 Å². The molecule has 0 radical (unpaired) electrons. The molecule has 144 valence electrons. The lowest BCUT2D eigenvalue weighted by Gasteiger charge is -2.31. The van der Waals surface area contributed by atoms with Crippen molar-refractivity contribution in [1.29, 1.82) is 0 Å². The lowest BCUT2D eigenvalue weighted by Crippen LogP contribution is -2.41. The maximum Gasteiger partial charge on any atom is 0.321 e. The summed E-state index contributed by atoms with van der Waals surface area (Å²) in [5.41, 5.74) is 1.17. The molecule has 6 nitrogen and oxygen atoms in total. The molecule has 1 aromatic heterocycles. The van der Waals surface area contributed by atoms with Crippen molar-refractivity contribution in [3.05, 3.63) is 66.1 Å². The van der Waals surface area contributed by atoms with Crippen LogP contribution in [-0.2, 0) is 0 Å². The zero-order valence-electron chi connectivity index (χ0n) is 14.9. The minimum absolute atomic E-state index is 0.0746. The van der Waals surface area contributed by atoms with E-state index in [0.29, 0.717) is 36.1 Å². The molecule has 3 aromatic rings. The molecule has 2 aromatic carbocycles. The van der Waals surface area contributed by atoms with Crippen LogP contribution in [0.1, 0.15) is 24.7 Å². The number of benzene rings is 2. The van der Waals surface area contributed by atoms with E-state index in [1.807, 2.05) is 0 Å². The number of piperidine rings is 1. The van der Waals surface area contributed by atoms with Crippen LogP contribution in [0.5, 0.6) is 0 Å². The topological polar surface area (TPSA) is 71.3 Å². The van der Waals surface area contributed by atoms with E-state index in [0.717, 1.165) is 12.8 Å². The van der Waals surface area contributed by atoms with Gasteiger partial charge in [0, 0.05) is 24.3 Å². The highest BCUT2D eigenvalue weighted by molar-refractivity contribution is 5.89. The first-order valence-corrected chi connectivity index (χ1v) is 8.99. The standard InChI is InChI=1S/C20H18F2N4O2/c21-15-5-3-13(4-6-15)18-24-25-19(28-18)14-2-1-11-26(12-14)20(27)23-17-9-7-16(22)8-10-17/h3-10,14H,1-2,11-12H2,(H,23,27). The van der Waals surface area contributed by atoms with Crippen LogP contribution in [0, 0.1) is 11.6 Å². The van der Waals surface area contributed by atoms with Crippen LogP contribution in [0.3, 0.4) is 0 Å². The summed E-state index contributed by atoms with van der Waals surface area (Å²) in [6.07, 6.45) is 1.63. The Balaban J connectivity index is 1.43. The molecule has 0 bridgehead atoms. The van der Waals surface area contributed by atoms with Crippen molar-refractivity contribution in [1.82, 2.24) is 15.1 Å². The van der Waals surface area contributed by atoms with E-state index in [2.05, 4.69) is 15.5 Å². The van der Waals surface area contributed by atoms with Gasteiger partial charge in [-0.15, -0.1) is 10.2 Å². The number of halogens is 2. The molecule has 1 aliphatic rings. The van der Waals surface area contributed by atoms with Gasteiger partial charge in [0.1, 0.15) is 11.6 Å². The molecule has 2 heterocycles. The second-order valence-electron chi connectivity index (χ2n) is 6.67. The number of nitrogens with one attached hydrogen (secondary N) is 1. The van der Waals surface area contributed by atoms with Crippen molar-refractivity contribution < 1.29 is 18.0 Å². The monoisotopic (exact) mass is 384 g/mol. The molecule has 1 unspecified atom stereocenters. The third-order valence-corrected chi connectivity index (χ3v) is 4.69. The van der Waals surface area contributed by atoms with Gasteiger partial charge in [0.05, 0.1) is 5.92 Å². The average molecular weight is 384 g/mol. The zero-order chi connectivity index (χ0) is 19.5. The minimum Gasteiger partial charge on any atom is -0.420 e. The van der Waals surface area contributed by atoms with Gasteiger partial charge in [0.25, 0.3) is 0 Å². The number of nitrogens with zero attached hydrogens (tertiary/aromatic N) is 3. The second-order valence-corrected chi connectivity index (χ2v) is 6.67. The van der Waals surface area contributed by atoms with Gasteiger partial charge in [-0.2, -0.15) is 0 Å². The Bertz CT molecular complexity index is 957. The highest BCUT2D eigenvalue weighted by Gasteiger charge is 2.28. The van der Waals surface area contributed by atoms with Gasteiger partial charge >= 0.3 is 6.03 Å². The van der Waals surface area contributed by atoms with Crippen molar-refractivity contribution in [2.75, 3.05) is 18.4 Å². The molecule has 4 rings (SSSR count). The SMILES string of the molecule is O=C(Nc1ccc(F)cc1)N1CCCC(c2nnc(-c3ccc(F)cc3)o2)C1. The predicted molar refractivity (Wildman–Crippen MR) is 98.7 cm³/mol. The van der Waals surface area contributed by atoms with Crippen molar-refractivity contribution in [2.24, 2.45) is 0 Å². The number of carbonyl (C=O) groups is 1. The fourth-order valence-corrected chi connectivity index (χ4v) is 3.21. The first-order valence-electron chi connectivity index (χ1n) is 8.99. The Labute approximate surface area is 160 Å². The third kappa shape index (κ3) is 4.00. The highest BCUT2D eigenvalue weighted by atomic mass is 19.1. The first kappa shape index (κ1) is 18.1. The van der Waals surface area contributed by atoms with Crippen LogP contribution in [-0.4, -0.2) is 34.2 Å². The van der Waals surface area contributed by atoms with Crippen LogP contribution in [0.4, 0.5) is 19.3 Å². The first-order chi connectivity index (χ1) is 13.6. The quantitative estimate of drug-likeness (QED) is 0.725. The molecule has 1 aliphatic heterocycles. The Morgan fingerprint density at radius 1 is 1.04 bits per heavy atom. The maximum absolute atomic E-state index is 13.1. The van der Waals surface area contributed by atoms with Gasteiger partial charge in [-0.3, -0.25) is 0 Å². The molecule has 1 atom stereocenters. The summed E-state index contributed by atoms with van der Waals surface area (Å²) in [7, 11) is 0. The van der Waals surface area contributed by atoms with Gasteiger partial charge in [-0.05, 0) is 61.4 Å². The summed E-state index contributed by atoms with van der Waals surface area (Å²) in [4.78, 5) is 14.2. The number of anilines is 1. The molecular formula is C20H18F2N4O2. The van der Waals surface area contributed by atoms with Crippen molar-refractivity contribution >= 4 is 11.7 Å². The number of hydrogen-bond donors (Lipinski definition) is 1. The highest BCUT2D eigenvalue weighted by Crippen LogP contribution is 2.29. The van der Waals surface area contributed by atoms with Crippen molar-refractivity contribution in [3.8, 4) is 11.5 Å². The third-order valence-electron chi connectivity index (χ3n) is 4.69. The molecule has 1 saturated heterocycles. The van der Waals surface area contributed by atoms with Gasteiger partial charge in [0.2, 0.25) is 11.8 Å². The van der Waals surface area contributed by atoms with Crippen molar-refractivity contribution in [2.45, 2.75) is 18.8 Å². The summed E-state index contributed by atoms with van der Waals surface area (Å²) in [5.74, 6) is 0.0128. The molecule has 8 heteroatoms. The fraction of sp³-hybridized carbons (Fsp3) is 0.250. The van der Waals surface area contributed by atoms with Crippen LogP contribution >= 0.6 is 0 Å². The summed E-state index contributed by atoms with van der Waals surface area (Å²) >= 11 is 0.